The molecule has 0 aliphatic rings. The molecule has 7 heteroatoms. The van der Waals surface area contributed by atoms with Crippen LogP contribution in [0.15, 0.2) is 72.5 Å². The Morgan fingerprint density at radius 1 is 0.903 bits per heavy atom. The first-order valence-electron chi connectivity index (χ1n) is 9.39. The summed E-state index contributed by atoms with van der Waals surface area (Å²) in [5.41, 5.74) is 0.0193. The van der Waals surface area contributed by atoms with Crippen LogP contribution in [0.4, 0.5) is 0 Å². The molecule has 0 radical (unpaired) electrons. The number of phenols is 1. The highest BCUT2D eigenvalue weighted by molar-refractivity contribution is 6.02. The lowest BCUT2D eigenvalue weighted by molar-refractivity contribution is -0.149. The predicted molar refractivity (Wildman–Crippen MR) is 116 cm³/mol. The van der Waals surface area contributed by atoms with E-state index < -0.39 is 30.4 Å². The summed E-state index contributed by atoms with van der Waals surface area (Å²) in [6, 6.07) is 12.6. The van der Waals surface area contributed by atoms with Gasteiger partial charge in [-0.3, -0.25) is 9.59 Å². The Bertz CT molecular complexity index is 980. The van der Waals surface area contributed by atoms with Gasteiger partial charge in [-0.2, -0.15) is 0 Å². The van der Waals surface area contributed by atoms with Crippen molar-refractivity contribution >= 4 is 23.9 Å². The summed E-state index contributed by atoms with van der Waals surface area (Å²) in [5, 5.41) is 37.6. The maximum absolute atomic E-state index is 12.0. The Kier molecular flexibility index (Phi) is 8.31. The number of rotatable bonds is 9. The van der Waals surface area contributed by atoms with E-state index in [1.807, 2.05) is 0 Å². The van der Waals surface area contributed by atoms with Gasteiger partial charge in [-0.25, -0.2) is 0 Å². The second kappa shape index (κ2) is 10.9. The van der Waals surface area contributed by atoms with Crippen molar-refractivity contribution in [3.8, 4) is 11.5 Å². The minimum atomic E-state index is -1.39. The molecule has 0 aliphatic heterocycles. The van der Waals surface area contributed by atoms with Gasteiger partial charge in [0.1, 0.15) is 22.7 Å². The first-order chi connectivity index (χ1) is 14.8. The van der Waals surface area contributed by atoms with Crippen LogP contribution in [0.25, 0.3) is 12.2 Å². The van der Waals surface area contributed by atoms with Gasteiger partial charge in [0.15, 0.2) is 5.78 Å². The number of esters is 1. The summed E-state index contributed by atoms with van der Waals surface area (Å²) in [4.78, 5) is 23.9. The highest BCUT2D eigenvalue weighted by atomic mass is 16.5. The first kappa shape index (κ1) is 23.6. The summed E-state index contributed by atoms with van der Waals surface area (Å²) in [7, 11) is 0. The number of aromatic hydroxyl groups is 1. The fourth-order valence-electron chi connectivity index (χ4n) is 2.24. The lowest BCUT2D eigenvalue weighted by Gasteiger charge is -2.21. The number of carbonyl (C=O) groups is 2. The molecule has 2 aromatic carbocycles. The Labute approximate surface area is 179 Å². The number of allylic oxidation sites excluding steroid dienone is 3. The van der Waals surface area contributed by atoms with Crippen LogP contribution in [-0.2, 0) is 9.59 Å². The fourth-order valence-corrected chi connectivity index (χ4v) is 2.24. The molecule has 31 heavy (non-hydrogen) atoms. The molecule has 0 amide bonds. The van der Waals surface area contributed by atoms with Gasteiger partial charge in [-0.1, -0.05) is 36.4 Å². The predicted octanol–water partition coefficient (Wildman–Crippen LogP) is 3.03. The Balaban J connectivity index is 1.95. The van der Waals surface area contributed by atoms with Gasteiger partial charge in [0, 0.05) is 6.08 Å². The van der Waals surface area contributed by atoms with Crippen molar-refractivity contribution in [3.05, 3.63) is 83.6 Å². The molecule has 7 nitrogen and oxygen atoms in total. The zero-order valence-corrected chi connectivity index (χ0v) is 16.9. The van der Waals surface area contributed by atoms with E-state index in [9.17, 15) is 30.0 Å². The van der Waals surface area contributed by atoms with Crippen molar-refractivity contribution in [1.82, 2.24) is 0 Å². The lowest BCUT2D eigenvalue weighted by atomic mass is 9.93. The Hall–Kier alpha value is -3.68. The van der Waals surface area contributed by atoms with Crippen molar-refractivity contribution in [2.45, 2.75) is 6.92 Å². The molecular weight excluding hydrogens is 400 g/mol. The third-order valence-electron chi connectivity index (χ3n) is 4.35. The molecule has 0 atom stereocenters. The van der Waals surface area contributed by atoms with E-state index in [-0.39, 0.29) is 17.3 Å². The summed E-state index contributed by atoms with van der Waals surface area (Å²) in [6.07, 6.45) is 6.84. The Morgan fingerprint density at radius 2 is 1.42 bits per heavy atom. The maximum Gasteiger partial charge on any atom is 0.321 e. The normalized spacial score (nSPS) is 12.4. The third kappa shape index (κ3) is 7.26. The van der Waals surface area contributed by atoms with Crippen LogP contribution >= 0.6 is 0 Å². The summed E-state index contributed by atoms with van der Waals surface area (Å²) < 4.78 is 5.15. The number of phenolic OH excluding ortho intramolecular Hbond substituents is 1. The quantitative estimate of drug-likeness (QED) is 0.160. The number of aliphatic hydroxyl groups is 3. The van der Waals surface area contributed by atoms with Gasteiger partial charge in [-0.15, -0.1) is 0 Å². The second-order valence-corrected chi connectivity index (χ2v) is 7.07. The molecule has 0 fully saturated rings. The minimum absolute atomic E-state index is 0.131. The van der Waals surface area contributed by atoms with Crippen molar-refractivity contribution < 1.29 is 34.8 Å². The Morgan fingerprint density at radius 3 is 1.97 bits per heavy atom. The van der Waals surface area contributed by atoms with Gasteiger partial charge in [0.2, 0.25) is 0 Å². The summed E-state index contributed by atoms with van der Waals surface area (Å²) in [5.74, 6) is -1.03. The zero-order chi connectivity index (χ0) is 22.9. The maximum atomic E-state index is 12.0. The van der Waals surface area contributed by atoms with E-state index in [4.69, 9.17) is 4.74 Å². The molecule has 0 spiro atoms. The average molecular weight is 424 g/mol. The van der Waals surface area contributed by atoms with Gasteiger partial charge in [-0.05, 0) is 54.5 Å². The monoisotopic (exact) mass is 424 g/mol. The average Bonchev–Trinajstić information content (AvgIpc) is 2.77. The fraction of sp³-hybridized carbons (Fsp3) is 0.167. The van der Waals surface area contributed by atoms with Crippen molar-refractivity contribution in [2.75, 3.05) is 13.2 Å². The number of aliphatic hydroxyl groups excluding tert-OH is 3. The van der Waals surface area contributed by atoms with Crippen LogP contribution in [0.5, 0.6) is 11.5 Å². The standard InChI is InChI=1S/C24H24O7/c1-24(15-25,16-26)23(30)31-22-12-6-18(7-13-22)5-11-21(29)14-20(28)10-4-17-2-8-19(27)9-3-17/h2-14,25-27,29H,15-16H2,1H3/b10-4+,11-5+,21-14-. The van der Waals surface area contributed by atoms with E-state index in [0.29, 0.717) is 5.56 Å². The number of hydrogen-bond acceptors (Lipinski definition) is 7. The molecule has 2 aromatic rings. The SMILES string of the molecule is CC(CO)(CO)C(=O)Oc1ccc(/C=C/C(O)=C/C(=O)/C=C/c2ccc(O)cc2)cc1. The number of benzene rings is 2. The van der Waals surface area contributed by atoms with Crippen LogP contribution in [-0.4, -0.2) is 45.4 Å². The van der Waals surface area contributed by atoms with Crippen LogP contribution < -0.4 is 4.74 Å². The topological polar surface area (TPSA) is 124 Å². The van der Waals surface area contributed by atoms with Gasteiger partial charge >= 0.3 is 5.97 Å². The lowest BCUT2D eigenvalue weighted by Crippen LogP contribution is -2.38. The summed E-state index contributed by atoms with van der Waals surface area (Å²) in [6.45, 7) is 0.304. The smallest absolute Gasteiger partial charge is 0.321 e. The molecule has 162 valence electrons. The summed E-state index contributed by atoms with van der Waals surface area (Å²) >= 11 is 0. The van der Waals surface area contributed by atoms with Crippen LogP contribution in [0, 0.1) is 5.41 Å². The molecular formula is C24H24O7. The van der Waals surface area contributed by atoms with Crippen molar-refractivity contribution in [3.63, 3.8) is 0 Å². The minimum Gasteiger partial charge on any atom is -0.508 e. The van der Waals surface area contributed by atoms with E-state index in [0.717, 1.165) is 11.6 Å². The van der Waals surface area contributed by atoms with E-state index in [1.54, 1.807) is 36.4 Å². The number of ketones is 1. The third-order valence-corrected chi connectivity index (χ3v) is 4.35. The molecule has 0 bridgehead atoms. The first-order valence-corrected chi connectivity index (χ1v) is 9.39. The van der Waals surface area contributed by atoms with E-state index in [2.05, 4.69) is 0 Å². The van der Waals surface area contributed by atoms with Crippen molar-refractivity contribution in [1.29, 1.82) is 0 Å². The molecule has 0 saturated carbocycles. The number of carbonyl (C=O) groups excluding carboxylic acids is 2. The molecule has 0 saturated heterocycles. The van der Waals surface area contributed by atoms with E-state index in [1.165, 1.54) is 43.3 Å². The van der Waals surface area contributed by atoms with Crippen molar-refractivity contribution in [2.24, 2.45) is 5.41 Å². The largest absolute Gasteiger partial charge is 0.508 e. The number of ether oxygens (including phenoxy) is 1. The molecule has 0 aliphatic carbocycles. The van der Waals surface area contributed by atoms with Gasteiger partial charge in [0.05, 0.1) is 13.2 Å². The van der Waals surface area contributed by atoms with Crippen LogP contribution in [0.2, 0.25) is 0 Å². The van der Waals surface area contributed by atoms with Gasteiger partial charge < -0.3 is 25.2 Å². The van der Waals surface area contributed by atoms with E-state index >= 15 is 0 Å². The molecule has 2 rings (SSSR count). The molecule has 0 heterocycles. The van der Waals surface area contributed by atoms with Crippen LogP contribution in [0.1, 0.15) is 18.1 Å². The highest BCUT2D eigenvalue weighted by Gasteiger charge is 2.34. The van der Waals surface area contributed by atoms with Gasteiger partial charge in [0.25, 0.3) is 0 Å². The highest BCUT2D eigenvalue weighted by Crippen LogP contribution is 2.21. The zero-order valence-electron chi connectivity index (χ0n) is 16.9. The molecule has 4 N–H and O–H groups in total. The molecule has 0 aromatic heterocycles. The number of hydrogen-bond donors (Lipinski definition) is 4. The second-order valence-electron chi connectivity index (χ2n) is 7.07. The van der Waals surface area contributed by atoms with Crippen LogP contribution in [0.3, 0.4) is 0 Å². The molecule has 0 unspecified atom stereocenters.